The summed E-state index contributed by atoms with van der Waals surface area (Å²) >= 11 is 10.2. The molecule has 2 N–H and O–H groups in total. The molecule has 0 radical (unpaired) electrons. The lowest BCUT2D eigenvalue weighted by Crippen LogP contribution is -2.35. The van der Waals surface area contributed by atoms with Gasteiger partial charge in [-0.15, -0.1) is 12.6 Å². The van der Waals surface area contributed by atoms with Crippen LogP contribution < -0.4 is 16.3 Å². The van der Waals surface area contributed by atoms with Crippen molar-refractivity contribution in [2.24, 2.45) is 0 Å². The van der Waals surface area contributed by atoms with Gasteiger partial charge >= 0.3 is 6.18 Å². The Hall–Kier alpha value is -1.08. The van der Waals surface area contributed by atoms with Gasteiger partial charge in [0, 0.05) is 16.4 Å². The lowest BCUT2D eigenvalue weighted by atomic mass is 10.3. The minimum absolute atomic E-state index is 0.0190. The molecule has 8 heteroatoms. The second-order valence-electron chi connectivity index (χ2n) is 3.78. The first-order chi connectivity index (χ1) is 8.29. The summed E-state index contributed by atoms with van der Waals surface area (Å²) in [6, 6.07) is 0. The number of rotatable bonds is 1. The Kier molecular flexibility index (Phi) is 3.37. The van der Waals surface area contributed by atoms with Gasteiger partial charge in [0.15, 0.2) is 5.82 Å². The summed E-state index contributed by atoms with van der Waals surface area (Å²) in [6.07, 6.45) is -0.698. The number of nitrogens with zero attached hydrogens (tertiary/aromatic N) is 2. The molecule has 0 saturated heterocycles. The molecule has 18 heavy (non-hydrogen) atoms. The lowest BCUT2D eigenvalue weighted by molar-refractivity contribution is -0.143. The highest BCUT2D eigenvalue weighted by atomic mass is 35.5. The standard InChI is InChI=1S/C10H9ClF3N3S/c11-5-2-1-3-6(18)8-7(5)9(15)16-17(8)4-10(12,13)14/h1,3,18H,2,4H2,(H2,15,16). The predicted molar refractivity (Wildman–Crippen MR) is 67.4 cm³/mol. The summed E-state index contributed by atoms with van der Waals surface area (Å²) in [6.45, 7) is -1.23. The van der Waals surface area contributed by atoms with E-state index in [4.69, 9.17) is 17.3 Å². The summed E-state index contributed by atoms with van der Waals surface area (Å²) in [7, 11) is 0. The van der Waals surface area contributed by atoms with Gasteiger partial charge in [0.1, 0.15) is 6.54 Å². The smallest absolute Gasteiger partial charge is 0.382 e. The number of anilines is 1. The van der Waals surface area contributed by atoms with Gasteiger partial charge in [-0.2, -0.15) is 18.3 Å². The number of allylic oxidation sites excluding steroid dienone is 1. The topological polar surface area (TPSA) is 43.8 Å². The van der Waals surface area contributed by atoms with Gasteiger partial charge in [0.25, 0.3) is 0 Å². The van der Waals surface area contributed by atoms with Gasteiger partial charge in [0.05, 0.1) is 10.6 Å². The number of aromatic nitrogens is 2. The SMILES string of the molecule is Nc1nn(CC(F)(F)F)c2c1=C(Cl)CC=CC=2S. The number of hydrogen-bond acceptors (Lipinski definition) is 3. The van der Waals surface area contributed by atoms with E-state index >= 15 is 0 Å². The number of alkyl halides is 3. The van der Waals surface area contributed by atoms with Crippen molar-refractivity contribution in [3.63, 3.8) is 0 Å². The van der Waals surface area contributed by atoms with Crippen LogP contribution in [0.25, 0.3) is 9.94 Å². The fraction of sp³-hybridized carbons (Fsp3) is 0.300. The molecule has 3 nitrogen and oxygen atoms in total. The van der Waals surface area contributed by atoms with Crippen LogP contribution in [-0.4, -0.2) is 16.0 Å². The van der Waals surface area contributed by atoms with Crippen molar-refractivity contribution < 1.29 is 13.2 Å². The largest absolute Gasteiger partial charge is 0.408 e. The molecule has 2 rings (SSSR count). The molecule has 0 aromatic carbocycles. The average Bonchev–Trinajstić information content (AvgIpc) is 2.42. The molecule has 1 aliphatic rings. The van der Waals surface area contributed by atoms with Gasteiger partial charge in [-0.3, -0.25) is 4.68 Å². The lowest BCUT2D eigenvalue weighted by Gasteiger charge is -2.06. The molecule has 1 aliphatic carbocycles. The maximum atomic E-state index is 12.5. The van der Waals surface area contributed by atoms with Crippen molar-refractivity contribution in [2.75, 3.05) is 5.73 Å². The second kappa shape index (κ2) is 4.55. The molecule has 0 spiro atoms. The molecule has 98 valence electrons. The van der Waals surface area contributed by atoms with Crippen molar-refractivity contribution in [3.8, 4) is 0 Å². The van der Waals surface area contributed by atoms with Crippen molar-refractivity contribution >= 4 is 40.0 Å². The molecule has 0 aliphatic heterocycles. The fourth-order valence-corrected chi connectivity index (χ4v) is 2.36. The average molecular weight is 296 g/mol. The first kappa shape index (κ1) is 13.4. The highest BCUT2D eigenvalue weighted by molar-refractivity contribution is 7.90. The fourth-order valence-electron chi connectivity index (χ4n) is 1.75. The number of fused-ring (bicyclic) bond motifs is 1. The van der Waals surface area contributed by atoms with E-state index in [1.165, 1.54) is 0 Å². The van der Waals surface area contributed by atoms with Crippen molar-refractivity contribution in [3.05, 3.63) is 22.7 Å². The molecule has 0 amide bonds. The monoisotopic (exact) mass is 295 g/mol. The van der Waals surface area contributed by atoms with Crippen LogP contribution in [0, 0.1) is 0 Å². The van der Waals surface area contributed by atoms with E-state index < -0.39 is 12.7 Å². The van der Waals surface area contributed by atoms with Crippen molar-refractivity contribution in [1.29, 1.82) is 0 Å². The Morgan fingerprint density at radius 1 is 1.50 bits per heavy atom. The molecule has 1 aromatic heterocycles. The molecule has 0 unspecified atom stereocenters. The van der Waals surface area contributed by atoms with Gasteiger partial charge in [-0.05, 0) is 0 Å². The minimum atomic E-state index is -4.39. The van der Waals surface area contributed by atoms with Crippen LogP contribution in [0.3, 0.4) is 0 Å². The van der Waals surface area contributed by atoms with Crippen LogP contribution in [0.5, 0.6) is 0 Å². The van der Waals surface area contributed by atoms with E-state index in [-0.39, 0.29) is 11.2 Å². The third-order valence-electron chi connectivity index (χ3n) is 2.40. The molecule has 0 saturated carbocycles. The molecular weight excluding hydrogens is 287 g/mol. The number of nitrogen functional groups attached to an aromatic ring is 1. The summed E-state index contributed by atoms with van der Waals surface area (Å²) in [5, 5.41) is 4.57. The van der Waals surface area contributed by atoms with E-state index in [9.17, 15) is 13.2 Å². The summed E-state index contributed by atoms with van der Waals surface area (Å²) in [5.41, 5.74) is 5.62. The third-order valence-corrected chi connectivity index (χ3v) is 3.10. The molecule has 0 bridgehead atoms. The van der Waals surface area contributed by atoms with Crippen molar-refractivity contribution in [1.82, 2.24) is 9.78 Å². The highest BCUT2D eigenvalue weighted by Gasteiger charge is 2.29. The zero-order chi connectivity index (χ0) is 13.5. The normalized spacial score (nSPS) is 15.8. The van der Waals surface area contributed by atoms with Crippen LogP contribution >= 0.6 is 24.2 Å². The Bertz CT molecular complexity index is 630. The van der Waals surface area contributed by atoms with E-state index in [2.05, 4.69) is 17.7 Å². The van der Waals surface area contributed by atoms with Gasteiger partial charge in [-0.25, -0.2) is 0 Å². The molecule has 1 heterocycles. The zero-order valence-corrected chi connectivity index (χ0v) is 10.7. The third kappa shape index (κ3) is 2.51. The minimum Gasteiger partial charge on any atom is -0.382 e. The Morgan fingerprint density at radius 2 is 2.17 bits per heavy atom. The maximum absolute atomic E-state index is 12.5. The van der Waals surface area contributed by atoms with Crippen LogP contribution in [0.4, 0.5) is 19.0 Å². The van der Waals surface area contributed by atoms with Crippen LogP contribution in [0.1, 0.15) is 6.42 Å². The zero-order valence-electron chi connectivity index (χ0n) is 9.00. The Balaban J connectivity index is 2.78. The van der Waals surface area contributed by atoms with E-state index in [1.54, 1.807) is 12.2 Å². The van der Waals surface area contributed by atoms with Crippen molar-refractivity contribution in [2.45, 2.75) is 19.1 Å². The predicted octanol–water partition coefficient (Wildman–Crippen LogP) is 1.37. The Labute approximate surface area is 111 Å². The van der Waals surface area contributed by atoms with Crippen LogP contribution in [0.15, 0.2) is 12.2 Å². The maximum Gasteiger partial charge on any atom is 0.408 e. The number of hydrogen-bond donors (Lipinski definition) is 2. The molecule has 0 atom stereocenters. The first-order valence-corrected chi connectivity index (χ1v) is 5.79. The van der Waals surface area contributed by atoms with Gasteiger partial charge < -0.3 is 5.73 Å². The number of thiol groups is 1. The number of halogens is 4. The molecule has 0 fully saturated rings. The first-order valence-electron chi connectivity index (χ1n) is 4.97. The van der Waals surface area contributed by atoms with Crippen LogP contribution in [0.2, 0.25) is 0 Å². The quantitative estimate of drug-likeness (QED) is 0.769. The summed E-state index contributed by atoms with van der Waals surface area (Å²) in [5.74, 6) is -0.0190. The van der Waals surface area contributed by atoms with Gasteiger partial charge in [0.2, 0.25) is 0 Å². The summed E-state index contributed by atoms with van der Waals surface area (Å²) in [4.78, 5) is 0.356. The van der Waals surface area contributed by atoms with Crippen LogP contribution in [-0.2, 0) is 6.54 Å². The number of nitrogens with two attached hydrogens (primary N) is 1. The summed E-state index contributed by atoms with van der Waals surface area (Å²) < 4.78 is 38.1. The molecule has 1 aromatic rings. The van der Waals surface area contributed by atoms with E-state index in [0.29, 0.717) is 21.6 Å². The molecular formula is C10H9ClF3N3S. The van der Waals surface area contributed by atoms with E-state index in [0.717, 1.165) is 4.68 Å². The Morgan fingerprint density at radius 3 is 2.78 bits per heavy atom. The highest BCUT2D eigenvalue weighted by Crippen LogP contribution is 2.18. The van der Waals surface area contributed by atoms with E-state index in [1.807, 2.05) is 0 Å². The van der Waals surface area contributed by atoms with Gasteiger partial charge in [-0.1, -0.05) is 23.8 Å². The second-order valence-corrected chi connectivity index (χ2v) is 4.72.